The fourth-order valence-electron chi connectivity index (χ4n) is 1.83. The van der Waals surface area contributed by atoms with Crippen molar-refractivity contribution in [3.05, 3.63) is 28.8 Å². The summed E-state index contributed by atoms with van der Waals surface area (Å²) in [5.74, 6) is -1.06. The summed E-state index contributed by atoms with van der Waals surface area (Å²) < 4.78 is 0. The number of urea groups is 1. The van der Waals surface area contributed by atoms with E-state index in [9.17, 15) is 14.7 Å². The molecule has 0 atom stereocenters. The van der Waals surface area contributed by atoms with E-state index in [2.05, 4.69) is 5.32 Å². The highest BCUT2D eigenvalue weighted by atomic mass is 35.5. The number of carboxylic acids is 1. The van der Waals surface area contributed by atoms with Gasteiger partial charge in [0.15, 0.2) is 0 Å². The molecule has 0 fully saturated rings. The number of likely N-dealkylation sites (N-methyl/N-ethyl adjacent to an activating group) is 1. The first kappa shape index (κ1) is 16.3. The number of carbonyl (C=O) groups excluding carboxylic acids is 1. The van der Waals surface area contributed by atoms with E-state index in [0.717, 1.165) is 5.56 Å². The zero-order valence-corrected chi connectivity index (χ0v) is 12.8. The van der Waals surface area contributed by atoms with Gasteiger partial charge in [0, 0.05) is 6.54 Å². The van der Waals surface area contributed by atoms with Crippen molar-refractivity contribution in [3.63, 3.8) is 0 Å². The number of hydrogen-bond acceptors (Lipinski definition) is 2. The van der Waals surface area contributed by atoms with E-state index >= 15 is 0 Å². The molecule has 0 heterocycles. The van der Waals surface area contributed by atoms with Crippen LogP contribution in [0.25, 0.3) is 0 Å². The molecule has 0 radical (unpaired) electrons. The Bertz CT molecular complexity index is 529. The lowest BCUT2D eigenvalue weighted by Gasteiger charge is -2.34. The maximum atomic E-state index is 12.3. The minimum atomic E-state index is -1.30. The van der Waals surface area contributed by atoms with Crippen LogP contribution in [0.2, 0.25) is 5.02 Å². The molecule has 0 spiro atoms. The molecule has 0 saturated carbocycles. The number of hydrogen-bond donors (Lipinski definition) is 2. The van der Waals surface area contributed by atoms with Gasteiger partial charge in [0.25, 0.3) is 0 Å². The third kappa shape index (κ3) is 3.42. The highest BCUT2D eigenvalue weighted by Gasteiger charge is 2.37. The lowest BCUT2D eigenvalue weighted by molar-refractivity contribution is -0.147. The molecular weight excluding hydrogens is 280 g/mol. The van der Waals surface area contributed by atoms with Crippen molar-refractivity contribution in [2.24, 2.45) is 0 Å². The predicted molar refractivity (Wildman–Crippen MR) is 79.3 cm³/mol. The summed E-state index contributed by atoms with van der Waals surface area (Å²) in [6.07, 6.45) is 0. The molecule has 1 rings (SSSR count). The summed E-state index contributed by atoms with van der Waals surface area (Å²) in [7, 11) is 0. The Morgan fingerprint density at radius 3 is 2.50 bits per heavy atom. The number of halogens is 1. The summed E-state index contributed by atoms with van der Waals surface area (Å²) in [6, 6.07) is 4.76. The van der Waals surface area contributed by atoms with Crippen molar-refractivity contribution in [1.82, 2.24) is 4.90 Å². The lowest BCUT2D eigenvalue weighted by atomic mass is 10.0. The molecule has 0 aromatic heterocycles. The van der Waals surface area contributed by atoms with Crippen molar-refractivity contribution in [1.29, 1.82) is 0 Å². The molecule has 110 valence electrons. The van der Waals surface area contributed by atoms with Gasteiger partial charge >= 0.3 is 12.0 Å². The summed E-state index contributed by atoms with van der Waals surface area (Å²) in [5, 5.41) is 12.3. The van der Waals surface area contributed by atoms with Crippen LogP contribution in [-0.2, 0) is 4.79 Å². The third-order valence-electron chi connectivity index (χ3n) is 3.12. The van der Waals surface area contributed by atoms with Crippen molar-refractivity contribution in [2.45, 2.75) is 33.2 Å². The Hall–Kier alpha value is -1.75. The van der Waals surface area contributed by atoms with Crippen molar-refractivity contribution >= 4 is 29.3 Å². The summed E-state index contributed by atoms with van der Waals surface area (Å²) in [5.41, 5.74) is 0.122. The maximum Gasteiger partial charge on any atom is 0.329 e. The van der Waals surface area contributed by atoms with Crippen molar-refractivity contribution in [3.8, 4) is 0 Å². The molecule has 5 nitrogen and oxygen atoms in total. The molecule has 0 bridgehead atoms. The molecule has 0 unspecified atom stereocenters. The quantitative estimate of drug-likeness (QED) is 0.895. The van der Waals surface area contributed by atoms with Crippen LogP contribution in [0.5, 0.6) is 0 Å². The highest BCUT2D eigenvalue weighted by molar-refractivity contribution is 6.33. The van der Waals surface area contributed by atoms with Crippen LogP contribution in [0.1, 0.15) is 26.3 Å². The Balaban J connectivity index is 2.99. The summed E-state index contributed by atoms with van der Waals surface area (Å²) in [6.45, 7) is 6.84. The van der Waals surface area contributed by atoms with E-state index in [4.69, 9.17) is 11.6 Å². The Labute approximate surface area is 123 Å². The normalized spacial score (nSPS) is 11.1. The maximum absolute atomic E-state index is 12.3. The van der Waals surface area contributed by atoms with Crippen molar-refractivity contribution < 1.29 is 14.7 Å². The molecule has 6 heteroatoms. The molecule has 2 N–H and O–H groups in total. The standard InChI is InChI=1S/C14H19ClN2O3/c1-5-17(14(3,4)12(18)19)13(20)16-11-8-9(2)6-7-10(11)15/h6-8H,5H2,1-4H3,(H,16,20)(H,18,19). The zero-order valence-electron chi connectivity index (χ0n) is 12.0. The van der Waals surface area contributed by atoms with Gasteiger partial charge in [-0.2, -0.15) is 0 Å². The number of anilines is 1. The van der Waals surface area contributed by atoms with E-state index in [1.807, 2.05) is 13.0 Å². The molecule has 0 aliphatic rings. The van der Waals surface area contributed by atoms with E-state index in [1.54, 1.807) is 19.1 Å². The topological polar surface area (TPSA) is 69.6 Å². The lowest BCUT2D eigenvalue weighted by Crippen LogP contribution is -2.54. The number of nitrogens with one attached hydrogen (secondary N) is 1. The minimum absolute atomic E-state index is 0.272. The fourth-order valence-corrected chi connectivity index (χ4v) is 1.99. The Morgan fingerprint density at radius 2 is 2.00 bits per heavy atom. The molecule has 0 saturated heterocycles. The first-order valence-corrected chi connectivity index (χ1v) is 6.66. The van der Waals surface area contributed by atoms with Gasteiger partial charge in [0.1, 0.15) is 5.54 Å². The number of nitrogens with zero attached hydrogens (tertiary/aromatic N) is 1. The Kier molecular flexibility index (Phi) is 5.00. The van der Waals surface area contributed by atoms with Crippen LogP contribution in [-0.4, -0.2) is 34.1 Å². The van der Waals surface area contributed by atoms with Crippen LogP contribution in [0.15, 0.2) is 18.2 Å². The van der Waals surface area contributed by atoms with Crippen LogP contribution in [0.3, 0.4) is 0 Å². The second-order valence-corrected chi connectivity index (χ2v) is 5.43. The van der Waals surface area contributed by atoms with E-state index in [1.165, 1.54) is 18.7 Å². The highest BCUT2D eigenvalue weighted by Crippen LogP contribution is 2.24. The van der Waals surface area contributed by atoms with Crippen LogP contribution >= 0.6 is 11.6 Å². The number of benzene rings is 1. The fraction of sp³-hybridized carbons (Fsp3) is 0.429. The summed E-state index contributed by atoms with van der Waals surface area (Å²) >= 11 is 6.02. The number of amides is 2. The van der Waals surface area contributed by atoms with E-state index in [0.29, 0.717) is 10.7 Å². The SMILES string of the molecule is CCN(C(=O)Nc1cc(C)ccc1Cl)C(C)(C)C(=O)O. The number of carboxylic acid groups (broad SMARTS) is 1. The van der Waals surface area contributed by atoms with Gasteiger partial charge in [0.2, 0.25) is 0 Å². The van der Waals surface area contributed by atoms with Crippen LogP contribution in [0, 0.1) is 6.92 Å². The van der Waals surface area contributed by atoms with Gasteiger partial charge in [-0.3, -0.25) is 0 Å². The van der Waals surface area contributed by atoms with Gasteiger partial charge < -0.3 is 15.3 Å². The number of aliphatic carboxylic acids is 1. The number of aryl methyl sites for hydroxylation is 1. The Morgan fingerprint density at radius 1 is 1.40 bits per heavy atom. The smallest absolute Gasteiger partial charge is 0.329 e. The first-order valence-electron chi connectivity index (χ1n) is 6.28. The molecule has 2 amide bonds. The second-order valence-electron chi connectivity index (χ2n) is 5.02. The van der Waals surface area contributed by atoms with Gasteiger partial charge in [-0.05, 0) is 45.4 Å². The monoisotopic (exact) mass is 298 g/mol. The molecule has 20 heavy (non-hydrogen) atoms. The van der Waals surface area contributed by atoms with E-state index < -0.39 is 17.5 Å². The molecule has 1 aromatic rings. The average molecular weight is 299 g/mol. The molecule has 0 aliphatic carbocycles. The number of carbonyl (C=O) groups is 2. The van der Waals surface area contributed by atoms with E-state index in [-0.39, 0.29) is 6.54 Å². The minimum Gasteiger partial charge on any atom is -0.480 e. The van der Waals surface area contributed by atoms with Gasteiger partial charge in [-0.1, -0.05) is 17.7 Å². The predicted octanol–water partition coefficient (Wildman–Crippen LogP) is 3.37. The van der Waals surface area contributed by atoms with Crippen LogP contribution < -0.4 is 5.32 Å². The largest absolute Gasteiger partial charge is 0.480 e. The number of rotatable bonds is 4. The van der Waals surface area contributed by atoms with Gasteiger partial charge in [-0.25, -0.2) is 9.59 Å². The van der Waals surface area contributed by atoms with Gasteiger partial charge in [0.05, 0.1) is 10.7 Å². The second kappa shape index (κ2) is 6.13. The molecule has 1 aromatic carbocycles. The molecular formula is C14H19ClN2O3. The summed E-state index contributed by atoms with van der Waals surface area (Å²) in [4.78, 5) is 24.7. The van der Waals surface area contributed by atoms with Crippen molar-refractivity contribution in [2.75, 3.05) is 11.9 Å². The van der Waals surface area contributed by atoms with Gasteiger partial charge in [-0.15, -0.1) is 0 Å². The van der Waals surface area contributed by atoms with Crippen LogP contribution in [0.4, 0.5) is 10.5 Å². The zero-order chi connectivity index (χ0) is 15.5. The average Bonchev–Trinajstić information content (AvgIpc) is 2.34. The first-order chi connectivity index (χ1) is 9.20. The third-order valence-corrected chi connectivity index (χ3v) is 3.45. The molecule has 0 aliphatic heterocycles.